The van der Waals surface area contributed by atoms with Gasteiger partial charge in [-0.2, -0.15) is 10.6 Å². The molecule has 0 unspecified atom stereocenters. The van der Waals surface area contributed by atoms with Gasteiger partial charge in [-0.3, -0.25) is 13.9 Å². The number of hydrogen-bond acceptors (Lipinski definition) is 4. The zero-order chi connectivity index (χ0) is 19.9. The van der Waals surface area contributed by atoms with Crippen molar-refractivity contribution in [1.29, 1.82) is 0 Å². The average Bonchev–Trinajstić information content (AvgIpc) is 3.11. The van der Waals surface area contributed by atoms with Gasteiger partial charge in [0.25, 0.3) is 5.91 Å². The van der Waals surface area contributed by atoms with Crippen LogP contribution < -0.4 is 10.5 Å². The summed E-state index contributed by atoms with van der Waals surface area (Å²) in [6.07, 6.45) is 3.35. The first-order valence-electron chi connectivity index (χ1n) is 9.21. The summed E-state index contributed by atoms with van der Waals surface area (Å²) < 4.78 is 25.2. The van der Waals surface area contributed by atoms with Crippen molar-refractivity contribution >= 4 is 27.4 Å². The molecular weight excluding hydrogens is 376 g/mol. The molecule has 28 heavy (non-hydrogen) atoms. The van der Waals surface area contributed by atoms with Gasteiger partial charge in [0.05, 0.1) is 18.2 Å². The Labute approximate surface area is 165 Å². The van der Waals surface area contributed by atoms with Crippen molar-refractivity contribution in [2.24, 2.45) is 5.73 Å². The predicted molar refractivity (Wildman–Crippen MR) is 113 cm³/mol. The topological polar surface area (TPSA) is 109 Å². The average molecular weight is 401 g/mol. The fourth-order valence-corrected chi connectivity index (χ4v) is 5.50. The Hall–Kier alpha value is -2.48. The summed E-state index contributed by atoms with van der Waals surface area (Å²) in [4.78, 5) is 15.3. The van der Waals surface area contributed by atoms with Crippen LogP contribution >= 0.6 is 10.6 Å². The molecule has 1 aromatic heterocycles. The first-order valence-corrected chi connectivity index (χ1v) is 11.1. The van der Waals surface area contributed by atoms with Gasteiger partial charge in [-0.05, 0) is 59.7 Å². The van der Waals surface area contributed by atoms with Crippen molar-refractivity contribution in [1.82, 2.24) is 4.98 Å². The van der Waals surface area contributed by atoms with Crippen LogP contribution in [0.1, 0.15) is 34.7 Å². The minimum Gasteiger partial charge on any atom is -0.497 e. The maximum atomic E-state index is 12.1. The van der Waals surface area contributed by atoms with Gasteiger partial charge in [0.15, 0.2) is 0 Å². The van der Waals surface area contributed by atoms with Crippen LogP contribution in [0.5, 0.6) is 5.75 Å². The third-order valence-corrected chi connectivity index (χ3v) is 7.30. The van der Waals surface area contributed by atoms with Crippen LogP contribution in [-0.2, 0) is 0 Å². The van der Waals surface area contributed by atoms with E-state index >= 15 is 0 Å². The number of fused-ring (bicyclic) bond motifs is 1. The quantitative estimate of drug-likeness (QED) is 0.514. The molecule has 0 atom stereocenters. The summed E-state index contributed by atoms with van der Waals surface area (Å²) >= 11 is 0. The lowest BCUT2D eigenvalue weighted by Gasteiger charge is -2.39. The standard InChI is InChI=1S/C21H24N2O4S/c1-27-16-4-2-3-14(9-16)15-10-17-19(13-5-7-28(25,26)8-6-13)12-23-20(17)18(11-15)21(22)24/h2-4,9-13,23,25-26H,5-8H2,1H3,(H2,22,24). The number of aromatic nitrogens is 1. The molecule has 148 valence electrons. The number of methoxy groups -OCH3 is 1. The number of hydrogen-bond donors (Lipinski definition) is 4. The van der Waals surface area contributed by atoms with Gasteiger partial charge >= 0.3 is 0 Å². The van der Waals surface area contributed by atoms with Gasteiger partial charge in [0.2, 0.25) is 0 Å². The van der Waals surface area contributed by atoms with Gasteiger partial charge in [-0.1, -0.05) is 12.1 Å². The van der Waals surface area contributed by atoms with E-state index < -0.39 is 16.5 Å². The molecule has 2 aromatic carbocycles. The van der Waals surface area contributed by atoms with Crippen LogP contribution in [0, 0.1) is 0 Å². The van der Waals surface area contributed by atoms with Crippen LogP contribution in [0.4, 0.5) is 0 Å². The van der Waals surface area contributed by atoms with Crippen LogP contribution in [0.25, 0.3) is 22.0 Å². The number of H-pyrrole nitrogens is 1. The number of ether oxygens (including phenoxy) is 1. The number of primary amides is 1. The fraction of sp³-hybridized carbons (Fsp3) is 0.286. The molecule has 1 saturated heterocycles. The van der Waals surface area contributed by atoms with Gasteiger partial charge < -0.3 is 15.5 Å². The monoisotopic (exact) mass is 400 g/mol. The number of aromatic amines is 1. The van der Waals surface area contributed by atoms with E-state index in [-0.39, 0.29) is 5.92 Å². The first-order chi connectivity index (χ1) is 13.4. The Balaban J connectivity index is 1.83. The number of benzene rings is 2. The summed E-state index contributed by atoms with van der Waals surface area (Å²) in [6.45, 7) is 0. The molecule has 1 aliphatic rings. The van der Waals surface area contributed by atoms with Crippen molar-refractivity contribution in [3.63, 3.8) is 0 Å². The molecule has 1 fully saturated rings. The summed E-state index contributed by atoms with van der Waals surface area (Å²) in [5.74, 6) is 1.31. The Morgan fingerprint density at radius 2 is 1.93 bits per heavy atom. The second-order valence-corrected chi connectivity index (χ2v) is 9.69. The van der Waals surface area contributed by atoms with Gasteiger partial charge in [0, 0.05) is 23.1 Å². The predicted octanol–water partition coefficient (Wildman–Crippen LogP) is 4.57. The van der Waals surface area contributed by atoms with E-state index in [1.807, 2.05) is 30.5 Å². The molecule has 7 heteroatoms. The molecule has 6 nitrogen and oxygen atoms in total. The number of carbonyl (C=O) groups excluding carboxylic acids is 1. The Morgan fingerprint density at radius 1 is 1.18 bits per heavy atom. The smallest absolute Gasteiger partial charge is 0.250 e. The Kier molecular flexibility index (Phi) is 4.82. The third kappa shape index (κ3) is 3.48. The number of carbonyl (C=O) groups is 1. The maximum absolute atomic E-state index is 12.1. The molecule has 0 radical (unpaired) electrons. The van der Waals surface area contributed by atoms with Crippen LogP contribution in [0.3, 0.4) is 0 Å². The minimum atomic E-state index is -2.44. The van der Waals surface area contributed by atoms with Crippen molar-refractivity contribution in [2.75, 3.05) is 18.6 Å². The van der Waals surface area contributed by atoms with Gasteiger partial charge in [-0.15, -0.1) is 0 Å². The Morgan fingerprint density at radius 3 is 2.61 bits per heavy atom. The summed E-state index contributed by atoms with van der Waals surface area (Å²) in [7, 11) is -0.819. The molecule has 2 heterocycles. The number of nitrogens with two attached hydrogens (primary N) is 1. The molecule has 0 spiro atoms. The fourth-order valence-electron chi connectivity index (χ4n) is 3.97. The molecule has 0 aliphatic carbocycles. The van der Waals surface area contributed by atoms with Crippen LogP contribution in [-0.4, -0.2) is 38.6 Å². The number of nitrogens with one attached hydrogen (secondary N) is 1. The highest BCUT2D eigenvalue weighted by Crippen LogP contribution is 2.49. The van der Waals surface area contributed by atoms with Gasteiger partial charge in [0.1, 0.15) is 5.75 Å². The Bertz CT molecular complexity index is 1030. The molecule has 4 rings (SSSR count). The molecular formula is C21H24N2O4S. The van der Waals surface area contributed by atoms with Crippen molar-refractivity contribution in [3.05, 3.63) is 53.7 Å². The summed E-state index contributed by atoms with van der Waals surface area (Å²) in [5, 5.41) is 0.956. The molecule has 3 aromatic rings. The zero-order valence-electron chi connectivity index (χ0n) is 15.6. The van der Waals surface area contributed by atoms with Gasteiger partial charge in [-0.25, -0.2) is 0 Å². The molecule has 0 saturated carbocycles. The minimum absolute atomic E-state index is 0.218. The van der Waals surface area contributed by atoms with E-state index in [0.29, 0.717) is 29.9 Å². The van der Waals surface area contributed by atoms with E-state index in [0.717, 1.165) is 33.3 Å². The van der Waals surface area contributed by atoms with E-state index in [4.69, 9.17) is 10.5 Å². The second kappa shape index (κ2) is 7.16. The molecule has 0 bridgehead atoms. The van der Waals surface area contributed by atoms with Crippen LogP contribution in [0.15, 0.2) is 42.6 Å². The molecule has 1 aliphatic heterocycles. The lowest BCUT2D eigenvalue weighted by atomic mass is 9.91. The molecule has 1 amide bonds. The maximum Gasteiger partial charge on any atom is 0.250 e. The van der Waals surface area contributed by atoms with Crippen molar-refractivity contribution in [2.45, 2.75) is 18.8 Å². The largest absolute Gasteiger partial charge is 0.497 e. The van der Waals surface area contributed by atoms with E-state index in [1.165, 1.54) is 0 Å². The normalized spacial score (nSPS) is 18.1. The second-order valence-electron chi connectivity index (χ2n) is 7.27. The summed E-state index contributed by atoms with van der Waals surface area (Å²) in [5.41, 5.74) is 9.76. The highest BCUT2D eigenvalue weighted by atomic mass is 32.3. The lowest BCUT2D eigenvalue weighted by Crippen LogP contribution is -2.19. The van der Waals surface area contributed by atoms with E-state index in [2.05, 4.69) is 11.1 Å². The van der Waals surface area contributed by atoms with Crippen molar-refractivity contribution < 1.29 is 18.6 Å². The molecule has 5 N–H and O–H groups in total. The highest BCUT2D eigenvalue weighted by Gasteiger charge is 2.27. The first kappa shape index (κ1) is 18.9. The van der Waals surface area contributed by atoms with Crippen molar-refractivity contribution in [3.8, 4) is 16.9 Å². The lowest BCUT2D eigenvalue weighted by molar-refractivity contribution is 0.100. The van der Waals surface area contributed by atoms with Crippen LogP contribution in [0.2, 0.25) is 0 Å². The SMILES string of the molecule is COc1cccc(-c2cc(C(N)=O)c3[nH]cc(C4CCS(O)(O)CC4)c3c2)c1. The van der Waals surface area contributed by atoms with E-state index in [9.17, 15) is 13.9 Å². The summed E-state index contributed by atoms with van der Waals surface area (Å²) in [6, 6.07) is 11.5. The zero-order valence-corrected chi connectivity index (χ0v) is 16.5. The van der Waals surface area contributed by atoms with E-state index in [1.54, 1.807) is 13.2 Å². The third-order valence-electron chi connectivity index (χ3n) is 5.52. The number of amides is 1. The number of rotatable bonds is 4. The highest BCUT2D eigenvalue weighted by molar-refractivity contribution is 8.24.